The van der Waals surface area contributed by atoms with Crippen molar-refractivity contribution >= 4 is 43.3 Å². The van der Waals surface area contributed by atoms with Gasteiger partial charge in [0.15, 0.2) is 0 Å². The molecule has 17 heavy (non-hydrogen) atoms. The van der Waals surface area contributed by atoms with Crippen LogP contribution in [0.15, 0.2) is 0 Å². The molecule has 8 nitrogen and oxygen atoms in total. The molecule has 0 fully saturated rings. The molecule has 0 unspecified atom stereocenters. The third-order valence-corrected chi connectivity index (χ3v) is 1.33. The van der Waals surface area contributed by atoms with Gasteiger partial charge in [0, 0.05) is 0 Å². The Morgan fingerprint density at radius 3 is 1.82 bits per heavy atom. The molecular formula is C7H13NO7S2. The van der Waals surface area contributed by atoms with E-state index in [1.807, 2.05) is 0 Å². The van der Waals surface area contributed by atoms with E-state index in [-0.39, 0.29) is 24.7 Å². The molecule has 0 aromatic rings. The molecule has 0 atom stereocenters. The number of aliphatic hydroxyl groups excluding tert-OH is 2. The van der Waals surface area contributed by atoms with Crippen LogP contribution in [0.3, 0.4) is 0 Å². The van der Waals surface area contributed by atoms with Gasteiger partial charge in [0.05, 0.1) is 24.7 Å². The molecule has 0 aromatic carbocycles. The van der Waals surface area contributed by atoms with Crippen molar-refractivity contribution in [2.45, 2.75) is 0 Å². The van der Waals surface area contributed by atoms with Crippen LogP contribution in [0.2, 0.25) is 0 Å². The number of amides is 1. The molecule has 0 spiro atoms. The SMILES string of the molecule is O=C(CS)ONC(=O)OC(=O)CS.OCCO. The quantitative estimate of drug-likeness (QED) is 0.186. The van der Waals surface area contributed by atoms with Crippen LogP contribution in [-0.2, 0) is 19.2 Å². The summed E-state index contributed by atoms with van der Waals surface area (Å²) in [4.78, 5) is 35.4. The molecule has 100 valence electrons. The van der Waals surface area contributed by atoms with Crippen LogP contribution in [0.4, 0.5) is 4.79 Å². The van der Waals surface area contributed by atoms with Crippen molar-refractivity contribution in [2.75, 3.05) is 24.7 Å². The number of hydrogen-bond acceptors (Lipinski definition) is 9. The van der Waals surface area contributed by atoms with E-state index >= 15 is 0 Å². The lowest BCUT2D eigenvalue weighted by Crippen LogP contribution is -2.30. The van der Waals surface area contributed by atoms with Crippen LogP contribution >= 0.6 is 25.3 Å². The highest BCUT2D eigenvalue weighted by Crippen LogP contribution is 1.85. The lowest BCUT2D eigenvalue weighted by Gasteiger charge is -2.02. The average molecular weight is 287 g/mol. The fraction of sp³-hybridized carbons (Fsp3) is 0.571. The first-order chi connectivity index (χ1) is 8.01. The highest BCUT2D eigenvalue weighted by atomic mass is 32.1. The van der Waals surface area contributed by atoms with Gasteiger partial charge in [-0.05, 0) is 0 Å². The van der Waals surface area contributed by atoms with Crippen molar-refractivity contribution in [1.29, 1.82) is 0 Å². The normalized spacial score (nSPS) is 8.47. The monoisotopic (exact) mass is 287 g/mol. The van der Waals surface area contributed by atoms with Gasteiger partial charge >= 0.3 is 18.0 Å². The number of rotatable bonds is 3. The van der Waals surface area contributed by atoms with Crippen molar-refractivity contribution < 1.29 is 34.2 Å². The lowest BCUT2D eigenvalue weighted by atomic mass is 10.8. The Labute approximate surface area is 108 Å². The van der Waals surface area contributed by atoms with Gasteiger partial charge < -0.3 is 19.8 Å². The Morgan fingerprint density at radius 2 is 1.47 bits per heavy atom. The first-order valence-electron chi connectivity index (χ1n) is 4.15. The fourth-order valence-electron chi connectivity index (χ4n) is 0.287. The maximum atomic E-state index is 10.5. The van der Waals surface area contributed by atoms with E-state index in [4.69, 9.17) is 10.2 Å². The van der Waals surface area contributed by atoms with E-state index in [0.29, 0.717) is 0 Å². The molecule has 0 aromatic heterocycles. The van der Waals surface area contributed by atoms with E-state index in [0.717, 1.165) is 0 Å². The molecule has 0 saturated heterocycles. The topological polar surface area (TPSA) is 122 Å². The number of hydroxylamine groups is 1. The molecular weight excluding hydrogens is 274 g/mol. The zero-order valence-electron chi connectivity index (χ0n) is 8.66. The minimum absolute atomic E-state index is 0.125. The van der Waals surface area contributed by atoms with E-state index < -0.39 is 18.0 Å². The van der Waals surface area contributed by atoms with Crippen LogP contribution in [0.5, 0.6) is 0 Å². The summed E-state index contributed by atoms with van der Waals surface area (Å²) in [5, 5.41) is 15.2. The molecule has 0 aliphatic carbocycles. The number of thiol groups is 2. The Bertz CT molecular complexity index is 246. The third-order valence-electron chi connectivity index (χ3n) is 0.813. The van der Waals surface area contributed by atoms with Gasteiger partial charge in [-0.15, -0.1) is 5.48 Å². The average Bonchev–Trinajstić information content (AvgIpc) is 2.35. The molecule has 0 rings (SSSR count). The summed E-state index contributed by atoms with van der Waals surface area (Å²) in [6, 6.07) is 0. The first-order valence-corrected chi connectivity index (χ1v) is 5.42. The number of carbonyl (C=O) groups excluding carboxylic acids is 3. The standard InChI is InChI=1S/C5H7NO5S2.C2H6O2/c7-3(1-12)10-5(9)6-11-4(8)2-13;3-1-2-4/h12-13H,1-2H2,(H,6,9);3-4H,1-2H2. The smallest absolute Gasteiger partial charge is 0.394 e. The molecule has 0 heterocycles. The predicted molar refractivity (Wildman–Crippen MR) is 62.6 cm³/mol. The molecule has 3 N–H and O–H groups in total. The van der Waals surface area contributed by atoms with E-state index in [9.17, 15) is 14.4 Å². The summed E-state index contributed by atoms with van der Waals surface area (Å²) < 4.78 is 4.03. The lowest BCUT2D eigenvalue weighted by molar-refractivity contribution is -0.148. The minimum atomic E-state index is -1.17. The molecule has 0 aliphatic heterocycles. The second kappa shape index (κ2) is 13.1. The summed E-state index contributed by atoms with van der Waals surface area (Å²) in [7, 11) is 0. The maximum Gasteiger partial charge on any atom is 0.448 e. The van der Waals surface area contributed by atoms with Crippen molar-refractivity contribution in [3.05, 3.63) is 0 Å². The number of aliphatic hydroxyl groups is 2. The van der Waals surface area contributed by atoms with Crippen molar-refractivity contribution in [2.24, 2.45) is 0 Å². The Balaban J connectivity index is 0. The summed E-state index contributed by atoms with van der Waals surface area (Å²) in [5.74, 6) is -2.05. The summed E-state index contributed by atoms with van der Waals surface area (Å²) in [6.07, 6.45) is -1.17. The molecule has 0 saturated carbocycles. The Kier molecular flexibility index (Phi) is 14.2. The van der Waals surface area contributed by atoms with E-state index in [2.05, 4.69) is 34.8 Å². The first kappa shape index (κ1) is 18.4. The summed E-state index contributed by atoms with van der Waals surface area (Å²) in [5.41, 5.74) is 1.58. The van der Waals surface area contributed by atoms with Crippen LogP contribution in [0.25, 0.3) is 0 Å². The Morgan fingerprint density at radius 1 is 1.00 bits per heavy atom. The van der Waals surface area contributed by atoms with Gasteiger partial charge in [-0.2, -0.15) is 25.3 Å². The fourth-order valence-corrected chi connectivity index (χ4v) is 0.416. The van der Waals surface area contributed by atoms with Gasteiger partial charge in [-0.25, -0.2) is 9.59 Å². The Hall–Kier alpha value is -0.970. The second-order valence-corrected chi connectivity index (χ2v) is 2.73. The largest absolute Gasteiger partial charge is 0.448 e. The predicted octanol–water partition coefficient (Wildman–Crippen LogP) is -1.47. The number of carbonyl (C=O) groups is 3. The van der Waals surface area contributed by atoms with E-state index in [1.165, 1.54) is 0 Å². The van der Waals surface area contributed by atoms with Gasteiger partial charge in [0.2, 0.25) is 0 Å². The number of ether oxygens (including phenoxy) is 1. The number of hydrogen-bond donors (Lipinski definition) is 5. The zero-order valence-corrected chi connectivity index (χ0v) is 10.4. The van der Waals surface area contributed by atoms with E-state index in [1.54, 1.807) is 5.48 Å². The van der Waals surface area contributed by atoms with Gasteiger partial charge in [0.25, 0.3) is 0 Å². The minimum Gasteiger partial charge on any atom is -0.394 e. The van der Waals surface area contributed by atoms with Crippen molar-refractivity contribution in [1.82, 2.24) is 5.48 Å². The van der Waals surface area contributed by atoms with Gasteiger partial charge in [-0.3, -0.25) is 4.79 Å². The highest BCUT2D eigenvalue weighted by Gasteiger charge is 2.09. The molecule has 0 aliphatic rings. The van der Waals surface area contributed by atoms with Crippen LogP contribution < -0.4 is 5.48 Å². The van der Waals surface area contributed by atoms with Gasteiger partial charge in [0.1, 0.15) is 0 Å². The van der Waals surface area contributed by atoms with Gasteiger partial charge in [-0.1, -0.05) is 0 Å². The summed E-state index contributed by atoms with van der Waals surface area (Å²) in [6.45, 7) is -0.250. The molecule has 10 heteroatoms. The number of nitrogens with one attached hydrogen (secondary N) is 1. The maximum absolute atomic E-state index is 10.5. The van der Waals surface area contributed by atoms with Crippen molar-refractivity contribution in [3.8, 4) is 0 Å². The van der Waals surface area contributed by atoms with Crippen LogP contribution in [0, 0.1) is 0 Å². The highest BCUT2D eigenvalue weighted by molar-refractivity contribution is 7.81. The third kappa shape index (κ3) is 15.0. The zero-order chi connectivity index (χ0) is 13.7. The molecule has 0 radical (unpaired) electrons. The summed E-state index contributed by atoms with van der Waals surface area (Å²) >= 11 is 7.10. The molecule has 1 amide bonds. The van der Waals surface area contributed by atoms with Crippen LogP contribution in [0.1, 0.15) is 0 Å². The van der Waals surface area contributed by atoms with Crippen molar-refractivity contribution in [3.63, 3.8) is 0 Å². The molecule has 0 bridgehead atoms. The number of esters is 1. The van der Waals surface area contributed by atoms with Crippen LogP contribution in [-0.4, -0.2) is 53.0 Å². The second-order valence-electron chi connectivity index (χ2n) is 2.10.